The molecule has 1 aromatic carbocycles. The smallest absolute Gasteiger partial charge is 0.180 e. The zero-order valence-corrected chi connectivity index (χ0v) is 11.9. The highest BCUT2D eigenvalue weighted by molar-refractivity contribution is 7.15. The largest absolute Gasteiger partial charge is 0.375 e. The fourth-order valence-electron chi connectivity index (χ4n) is 2.05. The van der Waals surface area contributed by atoms with Gasteiger partial charge < -0.3 is 5.73 Å². The highest BCUT2D eigenvalue weighted by Crippen LogP contribution is 2.44. The number of aromatic nitrogens is 1. The summed E-state index contributed by atoms with van der Waals surface area (Å²) in [7, 11) is 0. The molecule has 0 unspecified atom stereocenters. The van der Waals surface area contributed by atoms with Gasteiger partial charge >= 0.3 is 0 Å². The van der Waals surface area contributed by atoms with Crippen molar-refractivity contribution in [3.05, 3.63) is 44.4 Å². The molecule has 0 radical (unpaired) electrons. The van der Waals surface area contributed by atoms with Crippen molar-refractivity contribution >= 4 is 39.7 Å². The van der Waals surface area contributed by atoms with Crippen molar-refractivity contribution in [2.45, 2.75) is 25.2 Å². The van der Waals surface area contributed by atoms with Gasteiger partial charge in [-0.2, -0.15) is 0 Å². The molecular formula is C13H12Cl2N2S. The van der Waals surface area contributed by atoms with Gasteiger partial charge in [-0.15, -0.1) is 11.3 Å². The van der Waals surface area contributed by atoms with Crippen LogP contribution < -0.4 is 5.73 Å². The standard InChI is InChI=1S/C13H12Cl2N2S/c14-9-2-1-3-10(15)8(9)6-11-12(7-4-5-7)17-13(16)18-11/h1-3,7H,4-6H2,(H2,16,17). The molecule has 18 heavy (non-hydrogen) atoms. The number of benzene rings is 1. The predicted octanol–water partition coefficient (Wildman–Crippen LogP) is 4.50. The third kappa shape index (κ3) is 2.35. The Balaban J connectivity index is 1.97. The Hall–Kier alpha value is -0.770. The molecule has 0 aliphatic heterocycles. The summed E-state index contributed by atoms with van der Waals surface area (Å²) in [6.07, 6.45) is 3.15. The van der Waals surface area contributed by atoms with E-state index in [1.807, 2.05) is 18.2 Å². The van der Waals surface area contributed by atoms with E-state index in [1.165, 1.54) is 17.7 Å². The molecule has 1 fully saturated rings. The molecule has 1 aromatic heterocycles. The van der Waals surface area contributed by atoms with Crippen LogP contribution in [-0.4, -0.2) is 4.98 Å². The van der Waals surface area contributed by atoms with E-state index < -0.39 is 0 Å². The average Bonchev–Trinajstić information content (AvgIpc) is 3.09. The van der Waals surface area contributed by atoms with Crippen LogP contribution >= 0.6 is 34.5 Å². The molecule has 2 N–H and O–H groups in total. The predicted molar refractivity (Wildman–Crippen MR) is 77.8 cm³/mol. The van der Waals surface area contributed by atoms with Gasteiger partial charge in [0.2, 0.25) is 0 Å². The summed E-state index contributed by atoms with van der Waals surface area (Å²) >= 11 is 13.9. The number of hydrogen-bond acceptors (Lipinski definition) is 3. The molecule has 94 valence electrons. The Morgan fingerprint density at radius 3 is 2.56 bits per heavy atom. The summed E-state index contributed by atoms with van der Waals surface area (Å²) in [5.41, 5.74) is 7.93. The summed E-state index contributed by atoms with van der Waals surface area (Å²) in [5, 5.41) is 2.04. The molecule has 0 bridgehead atoms. The fourth-order valence-corrected chi connectivity index (χ4v) is 3.51. The molecule has 0 atom stereocenters. The zero-order valence-electron chi connectivity index (χ0n) is 9.62. The molecule has 1 saturated carbocycles. The Morgan fingerprint density at radius 1 is 1.28 bits per heavy atom. The summed E-state index contributed by atoms with van der Waals surface area (Å²) in [6, 6.07) is 5.59. The van der Waals surface area contributed by atoms with Crippen LogP contribution in [-0.2, 0) is 6.42 Å². The van der Waals surface area contributed by atoms with Gasteiger partial charge in [0.1, 0.15) is 0 Å². The van der Waals surface area contributed by atoms with Crippen LogP contribution in [0.1, 0.15) is 34.9 Å². The van der Waals surface area contributed by atoms with Gasteiger partial charge in [0, 0.05) is 27.3 Å². The number of thiazole rings is 1. The first-order valence-corrected chi connectivity index (χ1v) is 7.40. The highest BCUT2D eigenvalue weighted by atomic mass is 35.5. The van der Waals surface area contributed by atoms with E-state index in [0.29, 0.717) is 21.1 Å². The van der Waals surface area contributed by atoms with Crippen LogP contribution in [0.25, 0.3) is 0 Å². The fraction of sp³-hybridized carbons (Fsp3) is 0.308. The first-order valence-electron chi connectivity index (χ1n) is 5.83. The van der Waals surface area contributed by atoms with Crippen molar-refractivity contribution in [1.29, 1.82) is 0 Å². The summed E-state index contributed by atoms with van der Waals surface area (Å²) in [6.45, 7) is 0. The lowest BCUT2D eigenvalue weighted by atomic mass is 10.1. The molecule has 2 nitrogen and oxygen atoms in total. The first-order chi connectivity index (χ1) is 8.65. The molecule has 5 heteroatoms. The van der Waals surface area contributed by atoms with Crippen LogP contribution in [0.15, 0.2) is 18.2 Å². The summed E-state index contributed by atoms with van der Waals surface area (Å²) in [4.78, 5) is 5.64. The van der Waals surface area contributed by atoms with E-state index in [4.69, 9.17) is 28.9 Å². The second-order valence-corrected chi connectivity index (χ2v) is 6.44. The zero-order chi connectivity index (χ0) is 12.7. The normalized spacial score (nSPS) is 15.0. The third-order valence-corrected chi connectivity index (χ3v) is 4.72. The molecule has 3 rings (SSSR count). The lowest BCUT2D eigenvalue weighted by molar-refractivity contribution is 1.01. The molecule has 1 aliphatic rings. The van der Waals surface area contributed by atoms with E-state index in [1.54, 1.807) is 11.3 Å². The van der Waals surface area contributed by atoms with Gasteiger partial charge in [0.05, 0.1) is 5.69 Å². The lowest BCUT2D eigenvalue weighted by Gasteiger charge is -2.06. The van der Waals surface area contributed by atoms with Crippen LogP contribution in [0.3, 0.4) is 0 Å². The highest BCUT2D eigenvalue weighted by Gasteiger charge is 2.29. The first kappa shape index (κ1) is 12.3. The Morgan fingerprint density at radius 2 is 1.94 bits per heavy atom. The van der Waals surface area contributed by atoms with Gasteiger partial charge in [0.15, 0.2) is 5.13 Å². The molecule has 1 heterocycles. The monoisotopic (exact) mass is 298 g/mol. The molecular weight excluding hydrogens is 287 g/mol. The van der Waals surface area contributed by atoms with E-state index in [9.17, 15) is 0 Å². The van der Waals surface area contributed by atoms with Crippen molar-refractivity contribution in [2.75, 3.05) is 5.73 Å². The van der Waals surface area contributed by atoms with Crippen LogP contribution in [0.4, 0.5) is 5.13 Å². The maximum Gasteiger partial charge on any atom is 0.180 e. The van der Waals surface area contributed by atoms with Gasteiger partial charge in [-0.1, -0.05) is 29.3 Å². The Kier molecular flexibility index (Phi) is 3.22. The number of nitrogens with two attached hydrogens (primary N) is 1. The second kappa shape index (κ2) is 4.72. The second-order valence-electron chi connectivity index (χ2n) is 4.51. The number of nitrogen functional groups attached to an aromatic ring is 1. The number of rotatable bonds is 3. The van der Waals surface area contributed by atoms with Crippen molar-refractivity contribution in [1.82, 2.24) is 4.98 Å². The minimum absolute atomic E-state index is 0.592. The van der Waals surface area contributed by atoms with Gasteiger partial charge in [-0.25, -0.2) is 4.98 Å². The third-order valence-electron chi connectivity index (χ3n) is 3.11. The van der Waals surface area contributed by atoms with E-state index >= 15 is 0 Å². The van der Waals surface area contributed by atoms with Gasteiger partial charge in [0.25, 0.3) is 0 Å². The number of anilines is 1. The maximum absolute atomic E-state index is 6.20. The Labute approximate surface area is 120 Å². The summed E-state index contributed by atoms with van der Waals surface area (Å²) in [5.74, 6) is 0.592. The molecule has 0 spiro atoms. The quantitative estimate of drug-likeness (QED) is 0.906. The van der Waals surface area contributed by atoms with Crippen molar-refractivity contribution < 1.29 is 0 Å². The SMILES string of the molecule is Nc1nc(C2CC2)c(Cc2c(Cl)cccc2Cl)s1. The maximum atomic E-state index is 6.20. The molecule has 1 aliphatic carbocycles. The van der Waals surface area contributed by atoms with E-state index in [0.717, 1.165) is 17.7 Å². The minimum Gasteiger partial charge on any atom is -0.375 e. The number of halogens is 2. The number of hydrogen-bond donors (Lipinski definition) is 1. The van der Waals surface area contributed by atoms with Crippen molar-refractivity contribution in [3.63, 3.8) is 0 Å². The summed E-state index contributed by atoms with van der Waals surface area (Å²) < 4.78 is 0. The van der Waals surface area contributed by atoms with E-state index in [2.05, 4.69) is 4.98 Å². The molecule has 0 saturated heterocycles. The number of nitrogens with zero attached hydrogens (tertiary/aromatic N) is 1. The molecule has 0 amide bonds. The van der Waals surface area contributed by atoms with Crippen LogP contribution in [0.2, 0.25) is 10.0 Å². The lowest BCUT2D eigenvalue weighted by Crippen LogP contribution is -1.93. The van der Waals surface area contributed by atoms with Gasteiger partial charge in [-0.05, 0) is 30.5 Å². The Bertz CT molecular complexity index is 570. The van der Waals surface area contributed by atoms with Crippen LogP contribution in [0.5, 0.6) is 0 Å². The van der Waals surface area contributed by atoms with Crippen molar-refractivity contribution in [3.8, 4) is 0 Å². The van der Waals surface area contributed by atoms with Gasteiger partial charge in [-0.3, -0.25) is 0 Å². The van der Waals surface area contributed by atoms with E-state index in [-0.39, 0.29) is 0 Å². The average molecular weight is 299 g/mol. The topological polar surface area (TPSA) is 38.9 Å². The van der Waals surface area contributed by atoms with Crippen LogP contribution in [0, 0.1) is 0 Å². The minimum atomic E-state index is 0.592. The van der Waals surface area contributed by atoms with Crippen molar-refractivity contribution in [2.24, 2.45) is 0 Å². The molecule has 2 aromatic rings.